The fourth-order valence-electron chi connectivity index (χ4n) is 3.20. The lowest BCUT2D eigenvalue weighted by Gasteiger charge is -2.22. The van der Waals surface area contributed by atoms with E-state index in [-0.39, 0.29) is 31.3 Å². The highest BCUT2D eigenvalue weighted by Gasteiger charge is 2.17. The number of carbonyl (C=O) groups excluding carboxylic acids is 1. The molecule has 0 aliphatic rings. The monoisotopic (exact) mass is 455 g/mol. The van der Waals surface area contributed by atoms with E-state index in [0.29, 0.717) is 34.9 Å². The van der Waals surface area contributed by atoms with Crippen molar-refractivity contribution in [1.82, 2.24) is 4.90 Å². The van der Waals surface area contributed by atoms with E-state index in [1.807, 2.05) is 18.2 Å². The van der Waals surface area contributed by atoms with E-state index in [4.69, 9.17) is 21.4 Å². The van der Waals surface area contributed by atoms with Crippen LogP contribution >= 0.6 is 11.6 Å². The molecule has 0 atom stereocenters. The van der Waals surface area contributed by atoms with Crippen LogP contribution in [0.4, 0.5) is 4.39 Å². The molecule has 0 bridgehead atoms. The third-order valence-electron chi connectivity index (χ3n) is 4.82. The Morgan fingerprint density at radius 3 is 2.44 bits per heavy atom. The van der Waals surface area contributed by atoms with E-state index >= 15 is 0 Å². The molecule has 32 heavy (non-hydrogen) atoms. The van der Waals surface area contributed by atoms with Crippen molar-refractivity contribution in [3.8, 4) is 5.75 Å². The minimum atomic E-state index is -0.974. The molecule has 0 heterocycles. The van der Waals surface area contributed by atoms with Crippen LogP contribution in [0.1, 0.15) is 27.9 Å². The number of hydrogen-bond acceptors (Lipinski definition) is 3. The van der Waals surface area contributed by atoms with E-state index in [0.717, 1.165) is 5.56 Å². The minimum Gasteiger partial charge on any atom is -0.489 e. The quantitative estimate of drug-likeness (QED) is 0.455. The van der Waals surface area contributed by atoms with Gasteiger partial charge >= 0.3 is 5.97 Å². The van der Waals surface area contributed by atoms with Crippen molar-refractivity contribution in [1.29, 1.82) is 0 Å². The summed E-state index contributed by atoms with van der Waals surface area (Å²) in [7, 11) is 0. The van der Waals surface area contributed by atoms with Gasteiger partial charge in [0.1, 0.15) is 18.2 Å². The summed E-state index contributed by atoms with van der Waals surface area (Å²) in [6.07, 6.45) is 0.388. The third kappa shape index (κ3) is 7.10. The first kappa shape index (κ1) is 23.3. The van der Waals surface area contributed by atoms with E-state index < -0.39 is 5.97 Å². The number of rotatable bonds is 10. The Morgan fingerprint density at radius 2 is 1.69 bits per heavy atom. The zero-order chi connectivity index (χ0) is 22.9. The molecule has 0 saturated heterocycles. The van der Waals surface area contributed by atoms with Gasteiger partial charge in [-0.05, 0) is 60.0 Å². The molecule has 5 nitrogen and oxygen atoms in total. The van der Waals surface area contributed by atoms with E-state index in [2.05, 4.69) is 0 Å². The van der Waals surface area contributed by atoms with Crippen LogP contribution in [-0.2, 0) is 17.8 Å². The lowest BCUT2D eigenvalue weighted by molar-refractivity contribution is -0.137. The number of aliphatic carboxylic acids is 1. The van der Waals surface area contributed by atoms with E-state index in [9.17, 15) is 14.0 Å². The van der Waals surface area contributed by atoms with Gasteiger partial charge in [-0.2, -0.15) is 0 Å². The first-order valence-corrected chi connectivity index (χ1v) is 10.5. The van der Waals surface area contributed by atoms with Crippen LogP contribution in [0.3, 0.4) is 0 Å². The van der Waals surface area contributed by atoms with Gasteiger partial charge in [0.15, 0.2) is 0 Å². The number of hydrogen-bond donors (Lipinski definition) is 1. The van der Waals surface area contributed by atoms with Crippen molar-refractivity contribution < 1.29 is 23.8 Å². The fraction of sp³-hybridized carbons (Fsp3) is 0.200. The van der Waals surface area contributed by atoms with Crippen LogP contribution < -0.4 is 4.74 Å². The van der Waals surface area contributed by atoms with Crippen LogP contribution in [0.15, 0.2) is 72.8 Å². The van der Waals surface area contributed by atoms with Gasteiger partial charge in [0.2, 0.25) is 0 Å². The second-order valence-corrected chi connectivity index (χ2v) is 7.70. The minimum absolute atomic E-state index is 0.0864. The van der Waals surface area contributed by atoms with Gasteiger partial charge in [-0.15, -0.1) is 0 Å². The SMILES string of the molecule is O=C(O)CCN(CCc1cccc(Cl)c1)C(=O)c1cccc(OCc2cccc(F)c2)c1. The summed E-state index contributed by atoms with van der Waals surface area (Å²) in [6, 6.07) is 20.1. The van der Waals surface area contributed by atoms with Gasteiger partial charge in [0, 0.05) is 23.7 Å². The lowest BCUT2D eigenvalue weighted by Crippen LogP contribution is -2.34. The molecule has 0 unspecified atom stereocenters. The Labute approximate surface area is 191 Å². The van der Waals surface area contributed by atoms with Gasteiger partial charge in [0.05, 0.1) is 6.42 Å². The summed E-state index contributed by atoms with van der Waals surface area (Å²) in [5.41, 5.74) is 2.02. The van der Waals surface area contributed by atoms with Crippen molar-refractivity contribution in [2.45, 2.75) is 19.4 Å². The molecule has 3 rings (SSSR count). The highest BCUT2D eigenvalue weighted by Crippen LogP contribution is 2.18. The molecule has 0 saturated carbocycles. The van der Waals surface area contributed by atoms with Crippen molar-refractivity contribution in [3.05, 3.63) is 100 Å². The number of carboxylic acids is 1. The smallest absolute Gasteiger partial charge is 0.305 e. The summed E-state index contributed by atoms with van der Waals surface area (Å²) in [6.45, 7) is 0.594. The standard InChI is InChI=1S/C25H23ClFNO4/c26-21-7-1-4-18(14-21)10-12-28(13-11-24(29)30)25(31)20-6-3-9-23(16-20)32-17-19-5-2-8-22(27)15-19/h1-9,14-16H,10-13,17H2,(H,29,30). The Balaban J connectivity index is 1.69. The summed E-state index contributed by atoms with van der Waals surface area (Å²) >= 11 is 6.03. The van der Waals surface area contributed by atoms with Crippen molar-refractivity contribution in [2.24, 2.45) is 0 Å². The zero-order valence-corrected chi connectivity index (χ0v) is 18.1. The Kier molecular flexibility index (Phi) is 8.22. The fourth-order valence-corrected chi connectivity index (χ4v) is 3.41. The second kappa shape index (κ2) is 11.3. The maximum atomic E-state index is 13.3. The number of carboxylic acid groups (broad SMARTS) is 1. The first-order valence-electron chi connectivity index (χ1n) is 10.1. The maximum Gasteiger partial charge on any atom is 0.305 e. The largest absolute Gasteiger partial charge is 0.489 e. The molecular formula is C25H23ClFNO4. The van der Waals surface area contributed by atoms with Crippen molar-refractivity contribution in [3.63, 3.8) is 0 Å². The molecule has 1 N–H and O–H groups in total. The summed E-state index contributed by atoms with van der Waals surface area (Å²) < 4.78 is 19.1. The van der Waals surface area contributed by atoms with Gasteiger partial charge in [0.25, 0.3) is 5.91 Å². The molecule has 3 aromatic carbocycles. The molecule has 0 radical (unpaired) electrons. The summed E-state index contributed by atoms with van der Waals surface area (Å²) in [4.78, 5) is 25.7. The Morgan fingerprint density at radius 1 is 0.938 bits per heavy atom. The Hall–Kier alpha value is -3.38. The molecule has 7 heteroatoms. The number of nitrogens with zero attached hydrogens (tertiary/aromatic N) is 1. The van der Waals surface area contributed by atoms with Gasteiger partial charge in [-0.3, -0.25) is 9.59 Å². The molecule has 0 aliphatic heterocycles. The first-order chi connectivity index (χ1) is 15.4. The van der Waals surface area contributed by atoms with Crippen LogP contribution in [0.2, 0.25) is 5.02 Å². The molecule has 1 amide bonds. The number of carbonyl (C=O) groups is 2. The highest BCUT2D eigenvalue weighted by molar-refractivity contribution is 6.30. The summed E-state index contributed by atoms with van der Waals surface area (Å²) in [5, 5.41) is 9.68. The van der Waals surface area contributed by atoms with E-state index in [1.165, 1.54) is 17.0 Å². The molecule has 166 valence electrons. The average Bonchev–Trinajstić information content (AvgIpc) is 2.77. The lowest BCUT2D eigenvalue weighted by atomic mass is 10.1. The van der Waals surface area contributed by atoms with E-state index in [1.54, 1.807) is 42.5 Å². The molecular weight excluding hydrogens is 433 g/mol. The maximum absolute atomic E-state index is 13.3. The van der Waals surface area contributed by atoms with Crippen LogP contribution in [0, 0.1) is 5.82 Å². The van der Waals surface area contributed by atoms with Crippen LogP contribution in [0.5, 0.6) is 5.75 Å². The van der Waals surface area contributed by atoms with Gasteiger partial charge in [-0.25, -0.2) is 4.39 Å². The second-order valence-electron chi connectivity index (χ2n) is 7.26. The highest BCUT2D eigenvalue weighted by atomic mass is 35.5. The van der Waals surface area contributed by atoms with Crippen molar-refractivity contribution in [2.75, 3.05) is 13.1 Å². The normalized spacial score (nSPS) is 10.6. The topological polar surface area (TPSA) is 66.8 Å². The average molecular weight is 456 g/mol. The molecule has 0 aromatic heterocycles. The zero-order valence-electron chi connectivity index (χ0n) is 17.3. The molecule has 0 aliphatic carbocycles. The number of benzene rings is 3. The number of ether oxygens (including phenoxy) is 1. The van der Waals surface area contributed by atoms with Gasteiger partial charge in [-0.1, -0.05) is 41.9 Å². The Bertz CT molecular complexity index is 1090. The summed E-state index contributed by atoms with van der Waals surface area (Å²) in [5.74, 6) is -1.14. The van der Waals surface area contributed by atoms with Crippen LogP contribution in [-0.4, -0.2) is 35.0 Å². The number of amides is 1. The van der Waals surface area contributed by atoms with Crippen molar-refractivity contribution >= 4 is 23.5 Å². The third-order valence-corrected chi connectivity index (χ3v) is 5.05. The molecule has 0 spiro atoms. The number of halogens is 2. The predicted octanol–water partition coefficient (Wildman–Crippen LogP) is 5.22. The molecule has 0 fully saturated rings. The van der Waals surface area contributed by atoms with Gasteiger partial charge < -0.3 is 14.7 Å². The molecule has 3 aromatic rings. The van der Waals surface area contributed by atoms with Crippen LogP contribution in [0.25, 0.3) is 0 Å². The predicted molar refractivity (Wildman–Crippen MR) is 120 cm³/mol.